The van der Waals surface area contributed by atoms with E-state index in [1.807, 2.05) is 48.5 Å². The predicted octanol–water partition coefficient (Wildman–Crippen LogP) is 3.04. The van der Waals surface area contributed by atoms with E-state index in [0.717, 1.165) is 30.8 Å². The van der Waals surface area contributed by atoms with E-state index in [9.17, 15) is 8.42 Å². The molecule has 1 fully saturated rings. The fourth-order valence-electron chi connectivity index (χ4n) is 3.26. The van der Waals surface area contributed by atoms with Crippen molar-refractivity contribution in [1.29, 1.82) is 0 Å². The second-order valence-electron chi connectivity index (χ2n) is 6.51. The second kappa shape index (κ2) is 9.05. The first-order chi connectivity index (χ1) is 12.6. The Kier molecular flexibility index (Phi) is 6.52. The highest BCUT2D eigenvalue weighted by atomic mass is 32.2. The van der Waals surface area contributed by atoms with Gasteiger partial charge in [-0.3, -0.25) is 0 Å². The monoisotopic (exact) mass is 374 g/mol. The molecular formula is C20H26N2O3S. The van der Waals surface area contributed by atoms with E-state index >= 15 is 0 Å². The number of hydrogen-bond acceptors (Lipinski definition) is 4. The van der Waals surface area contributed by atoms with E-state index in [0.29, 0.717) is 19.6 Å². The van der Waals surface area contributed by atoms with Gasteiger partial charge >= 0.3 is 0 Å². The van der Waals surface area contributed by atoms with Crippen LogP contribution in [0.5, 0.6) is 5.75 Å². The molecule has 1 atom stereocenters. The maximum absolute atomic E-state index is 12.3. The van der Waals surface area contributed by atoms with Crippen LogP contribution in [0.2, 0.25) is 0 Å². The smallest absolute Gasteiger partial charge is 0.211 e. The summed E-state index contributed by atoms with van der Waals surface area (Å²) >= 11 is 0. The van der Waals surface area contributed by atoms with E-state index in [4.69, 9.17) is 4.74 Å². The van der Waals surface area contributed by atoms with Crippen LogP contribution in [0.1, 0.15) is 19.3 Å². The summed E-state index contributed by atoms with van der Waals surface area (Å²) in [7, 11) is -3.29. The van der Waals surface area contributed by atoms with Gasteiger partial charge in [-0.1, -0.05) is 36.4 Å². The number of nitrogens with one attached hydrogen (secondary N) is 1. The molecule has 140 valence electrons. The van der Waals surface area contributed by atoms with Crippen molar-refractivity contribution in [1.82, 2.24) is 4.72 Å². The van der Waals surface area contributed by atoms with Crippen molar-refractivity contribution >= 4 is 15.7 Å². The van der Waals surface area contributed by atoms with Crippen LogP contribution in [0.3, 0.4) is 0 Å². The Morgan fingerprint density at radius 2 is 1.73 bits per heavy atom. The fraction of sp³-hybridized carbons (Fsp3) is 0.400. The van der Waals surface area contributed by atoms with Gasteiger partial charge in [0.2, 0.25) is 10.0 Å². The third kappa shape index (κ3) is 5.47. The SMILES string of the molecule is O=S(=O)(CCCOc1ccccc1)NC[C@H]1CCCN1c1ccccc1. The van der Waals surface area contributed by atoms with E-state index in [2.05, 4.69) is 21.8 Å². The van der Waals surface area contributed by atoms with Crippen LogP contribution in [-0.4, -0.2) is 39.9 Å². The molecule has 2 aromatic carbocycles. The molecule has 5 nitrogen and oxygen atoms in total. The lowest BCUT2D eigenvalue weighted by Crippen LogP contribution is -2.41. The Morgan fingerprint density at radius 1 is 1.04 bits per heavy atom. The number of sulfonamides is 1. The fourth-order valence-corrected chi connectivity index (χ4v) is 4.35. The first kappa shape index (κ1) is 18.7. The van der Waals surface area contributed by atoms with E-state index in [1.165, 1.54) is 0 Å². The Morgan fingerprint density at radius 3 is 2.46 bits per heavy atom. The quantitative estimate of drug-likeness (QED) is 0.686. The molecule has 1 saturated heterocycles. The summed E-state index contributed by atoms with van der Waals surface area (Å²) in [5.74, 6) is 0.847. The van der Waals surface area contributed by atoms with Crippen molar-refractivity contribution in [3.63, 3.8) is 0 Å². The van der Waals surface area contributed by atoms with Gasteiger partial charge in [-0.15, -0.1) is 0 Å². The number of hydrogen-bond donors (Lipinski definition) is 1. The summed E-state index contributed by atoms with van der Waals surface area (Å²) in [5.41, 5.74) is 1.16. The first-order valence-electron chi connectivity index (χ1n) is 9.11. The summed E-state index contributed by atoms with van der Waals surface area (Å²) in [6.45, 7) is 1.82. The standard InChI is InChI=1S/C20H26N2O3S/c23-26(24,16-8-15-25-20-12-5-2-6-13-20)21-17-19-11-7-14-22(19)18-9-3-1-4-10-18/h1-6,9-10,12-13,19,21H,7-8,11,14-17H2/t19-/m1/s1. The van der Waals surface area contributed by atoms with Crippen molar-refractivity contribution in [2.45, 2.75) is 25.3 Å². The molecule has 0 spiro atoms. The number of rotatable bonds is 9. The van der Waals surface area contributed by atoms with Gasteiger partial charge in [0.05, 0.1) is 12.4 Å². The van der Waals surface area contributed by atoms with Crippen LogP contribution in [-0.2, 0) is 10.0 Å². The molecule has 0 saturated carbocycles. The average molecular weight is 375 g/mol. The third-order valence-corrected chi connectivity index (χ3v) is 6.01. The maximum atomic E-state index is 12.3. The van der Waals surface area contributed by atoms with Crippen LogP contribution in [0.4, 0.5) is 5.69 Å². The molecule has 1 heterocycles. The third-order valence-electron chi connectivity index (χ3n) is 4.57. The summed E-state index contributed by atoms with van der Waals surface area (Å²) in [6.07, 6.45) is 2.57. The van der Waals surface area contributed by atoms with Gasteiger partial charge in [0, 0.05) is 24.8 Å². The molecular weight excluding hydrogens is 348 g/mol. The van der Waals surface area contributed by atoms with Crippen LogP contribution >= 0.6 is 0 Å². The highest BCUT2D eigenvalue weighted by Crippen LogP contribution is 2.24. The van der Waals surface area contributed by atoms with Gasteiger partial charge in [0.1, 0.15) is 5.75 Å². The molecule has 1 aliphatic rings. The molecule has 2 aromatic rings. The molecule has 0 aliphatic carbocycles. The first-order valence-corrected chi connectivity index (χ1v) is 10.8. The molecule has 3 rings (SSSR count). The number of nitrogens with zero attached hydrogens (tertiary/aromatic N) is 1. The lowest BCUT2D eigenvalue weighted by atomic mass is 10.2. The van der Waals surface area contributed by atoms with Crippen molar-refractivity contribution in [2.24, 2.45) is 0 Å². The minimum atomic E-state index is -3.29. The molecule has 6 heteroatoms. The van der Waals surface area contributed by atoms with Gasteiger partial charge in [-0.25, -0.2) is 13.1 Å². The number of ether oxygens (including phenoxy) is 1. The largest absolute Gasteiger partial charge is 0.494 e. The molecule has 0 bridgehead atoms. The normalized spacial score (nSPS) is 17.4. The predicted molar refractivity (Wildman–Crippen MR) is 105 cm³/mol. The summed E-state index contributed by atoms with van der Waals surface area (Å²) in [6, 6.07) is 19.8. The zero-order valence-corrected chi connectivity index (χ0v) is 15.7. The van der Waals surface area contributed by atoms with Gasteiger partial charge in [0.25, 0.3) is 0 Å². The number of para-hydroxylation sites is 2. The highest BCUT2D eigenvalue weighted by Gasteiger charge is 2.25. The zero-order chi connectivity index (χ0) is 18.2. The molecule has 0 aromatic heterocycles. The van der Waals surface area contributed by atoms with Gasteiger partial charge < -0.3 is 9.64 Å². The summed E-state index contributed by atoms with van der Waals surface area (Å²) < 4.78 is 32.8. The number of anilines is 1. The second-order valence-corrected chi connectivity index (χ2v) is 8.43. The minimum Gasteiger partial charge on any atom is -0.494 e. The molecule has 0 amide bonds. The Hall–Kier alpha value is -2.05. The van der Waals surface area contributed by atoms with Gasteiger partial charge in [-0.2, -0.15) is 0 Å². The lowest BCUT2D eigenvalue weighted by molar-refractivity contribution is 0.317. The van der Waals surface area contributed by atoms with Crippen LogP contribution in [0.15, 0.2) is 60.7 Å². The summed E-state index contributed by atoms with van der Waals surface area (Å²) in [5, 5.41) is 0. The lowest BCUT2D eigenvalue weighted by Gasteiger charge is -2.27. The van der Waals surface area contributed by atoms with E-state index in [-0.39, 0.29) is 11.8 Å². The van der Waals surface area contributed by atoms with Crippen molar-refractivity contribution in [3.05, 3.63) is 60.7 Å². The van der Waals surface area contributed by atoms with Crippen LogP contribution in [0, 0.1) is 0 Å². The van der Waals surface area contributed by atoms with Gasteiger partial charge in [0.15, 0.2) is 0 Å². The minimum absolute atomic E-state index is 0.0812. The topological polar surface area (TPSA) is 58.6 Å². The van der Waals surface area contributed by atoms with Gasteiger partial charge in [-0.05, 0) is 43.5 Å². The molecule has 0 unspecified atom stereocenters. The Bertz CT molecular complexity index is 766. The Labute approximate surface area is 156 Å². The molecule has 0 radical (unpaired) electrons. The molecule has 26 heavy (non-hydrogen) atoms. The number of benzene rings is 2. The molecule has 1 aliphatic heterocycles. The van der Waals surface area contributed by atoms with Crippen LogP contribution in [0.25, 0.3) is 0 Å². The maximum Gasteiger partial charge on any atom is 0.211 e. The Balaban J connectivity index is 1.42. The summed E-state index contributed by atoms with van der Waals surface area (Å²) in [4.78, 5) is 2.29. The van der Waals surface area contributed by atoms with Crippen LogP contribution < -0.4 is 14.4 Å². The van der Waals surface area contributed by atoms with E-state index < -0.39 is 10.0 Å². The zero-order valence-electron chi connectivity index (χ0n) is 14.9. The van der Waals surface area contributed by atoms with Crippen molar-refractivity contribution < 1.29 is 13.2 Å². The van der Waals surface area contributed by atoms with E-state index in [1.54, 1.807) is 0 Å². The molecule has 1 N–H and O–H groups in total. The van der Waals surface area contributed by atoms with Crippen molar-refractivity contribution in [3.8, 4) is 5.75 Å². The average Bonchev–Trinajstić information content (AvgIpc) is 3.14. The highest BCUT2D eigenvalue weighted by molar-refractivity contribution is 7.89. The van der Waals surface area contributed by atoms with Crippen molar-refractivity contribution in [2.75, 3.05) is 30.3 Å².